The van der Waals surface area contributed by atoms with Crippen LogP contribution in [0.15, 0.2) is 40.3 Å². The quantitative estimate of drug-likeness (QED) is 0.579. The molecule has 0 bridgehead atoms. The number of furan rings is 1. The predicted molar refractivity (Wildman–Crippen MR) is 84.6 cm³/mol. The zero-order valence-corrected chi connectivity index (χ0v) is 13.6. The van der Waals surface area contributed by atoms with Crippen LogP contribution < -0.4 is 0 Å². The molecule has 8 heteroatoms. The number of halogens is 4. The van der Waals surface area contributed by atoms with Gasteiger partial charge in [0.1, 0.15) is 23.2 Å². The Morgan fingerprint density at radius 3 is 2.52 bits per heavy atom. The highest BCUT2D eigenvalue weighted by atomic mass is 35.5. The molecule has 0 radical (unpaired) electrons. The third-order valence-corrected chi connectivity index (χ3v) is 3.77. The summed E-state index contributed by atoms with van der Waals surface area (Å²) in [5.41, 5.74) is -1.25. The smallest absolute Gasteiger partial charge is 0.416 e. The molecule has 2 rings (SSSR count). The van der Waals surface area contributed by atoms with Crippen molar-refractivity contribution in [3.05, 3.63) is 52.3 Å². The van der Waals surface area contributed by atoms with Gasteiger partial charge in [0.05, 0.1) is 16.2 Å². The fourth-order valence-electron chi connectivity index (χ4n) is 2.21. The van der Waals surface area contributed by atoms with Gasteiger partial charge in [-0.1, -0.05) is 18.5 Å². The molecule has 0 saturated heterocycles. The van der Waals surface area contributed by atoms with Crippen LogP contribution >= 0.6 is 11.6 Å². The van der Waals surface area contributed by atoms with Gasteiger partial charge in [-0.2, -0.15) is 18.4 Å². The van der Waals surface area contributed by atoms with Crippen molar-refractivity contribution in [3.8, 4) is 17.4 Å². The molecule has 1 aromatic heterocycles. The van der Waals surface area contributed by atoms with Crippen molar-refractivity contribution in [1.82, 2.24) is 0 Å². The fourth-order valence-corrected chi connectivity index (χ4v) is 2.42. The van der Waals surface area contributed by atoms with E-state index in [4.69, 9.17) is 21.1 Å². The van der Waals surface area contributed by atoms with E-state index in [0.29, 0.717) is 0 Å². The molecule has 4 nitrogen and oxygen atoms in total. The Kier molecular flexibility index (Phi) is 5.24. The topological polar surface area (TPSA) is 74.2 Å². The van der Waals surface area contributed by atoms with Gasteiger partial charge in [-0.25, -0.2) is 4.79 Å². The lowest BCUT2D eigenvalue weighted by Crippen LogP contribution is -2.04. The van der Waals surface area contributed by atoms with Gasteiger partial charge in [-0.3, -0.25) is 0 Å². The van der Waals surface area contributed by atoms with Gasteiger partial charge in [0.2, 0.25) is 0 Å². The second-order valence-electron chi connectivity index (χ2n) is 4.98. The van der Waals surface area contributed by atoms with Gasteiger partial charge in [-0.05, 0) is 36.8 Å². The first-order chi connectivity index (χ1) is 11.7. The molecule has 1 N–H and O–H groups in total. The first-order valence-electron chi connectivity index (χ1n) is 7.02. The molecular formula is C17H11ClF3NO3. The van der Waals surface area contributed by atoms with E-state index in [1.54, 1.807) is 13.0 Å². The van der Waals surface area contributed by atoms with Crippen molar-refractivity contribution in [2.45, 2.75) is 19.5 Å². The van der Waals surface area contributed by atoms with Crippen LogP contribution in [0.5, 0.6) is 0 Å². The number of nitrogens with zero attached hydrogens (tertiary/aromatic N) is 1. The minimum atomic E-state index is -4.55. The van der Waals surface area contributed by atoms with E-state index in [1.807, 2.05) is 0 Å². The van der Waals surface area contributed by atoms with E-state index < -0.39 is 17.7 Å². The van der Waals surface area contributed by atoms with Gasteiger partial charge in [0.15, 0.2) is 0 Å². The van der Waals surface area contributed by atoms with Crippen LogP contribution in [-0.4, -0.2) is 11.1 Å². The number of carboxylic acids is 1. The lowest BCUT2D eigenvalue weighted by molar-refractivity contribution is -0.137. The van der Waals surface area contributed by atoms with Crippen LogP contribution in [0.1, 0.15) is 24.7 Å². The number of aliphatic carboxylic acids is 1. The van der Waals surface area contributed by atoms with Crippen LogP contribution in [0.25, 0.3) is 16.9 Å². The highest BCUT2D eigenvalue weighted by Crippen LogP contribution is 2.37. The third-order valence-electron chi connectivity index (χ3n) is 3.44. The Balaban J connectivity index is 2.56. The average molecular weight is 370 g/mol. The number of alkyl halides is 3. The number of allylic oxidation sites excluding steroid dienone is 1. The summed E-state index contributed by atoms with van der Waals surface area (Å²) in [5, 5.41) is 18.4. The van der Waals surface area contributed by atoms with E-state index in [-0.39, 0.29) is 39.7 Å². The monoisotopic (exact) mass is 369 g/mol. The zero-order valence-electron chi connectivity index (χ0n) is 12.8. The van der Waals surface area contributed by atoms with Crippen molar-refractivity contribution in [2.24, 2.45) is 0 Å². The molecule has 0 atom stereocenters. The Morgan fingerprint density at radius 2 is 2.00 bits per heavy atom. The summed E-state index contributed by atoms with van der Waals surface area (Å²) in [7, 11) is 0. The molecule has 0 aliphatic heterocycles. The fraction of sp³-hybridized carbons (Fsp3) is 0.176. The molecule has 2 aromatic rings. The normalized spacial score (nSPS) is 12.5. The number of hydrogen-bond donors (Lipinski definition) is 1. The van der Waals surface area contributed by atoms with Crippen LogP contribution in [0, 0.1) is 11.3 Å². The number of hydrogen-bond acceptors (Lipinski definition) is 3. The van der Waals surface area contributed by atoms with Gasteiger partial charge in [0, 0.05) is 5.56 Å². The number of carbonyl (C=O) groups is 1. The van der Waals surface area contributed by atoms with Gasteiger partial charge in [0.25, 0.3) is 0 Å². The molecule has 0 aliphatic carbocycles. The lowest BCUT2D eigenvalue weighted by atomic mass is 10.1. The summed E-state index contributed by atoms with van der Waals surface area (Å²) in [6.45, 7) is 1.56. The lowest BCUT2D eigenvalue weighted by Gasteiger charge is -2.09. The molecular weight excluding hydrogens is 359 g/mol. The minimum Gasteiger partial charge on any atom is -0.478 e. The van der Waals surface area contributed by atoms with Gasteiger partial charge in [-0.15, -0.1) is 0 Å². The number of rotatable bonds is 4. The minimum absolute atomic E-state index is 0.000285. The van der Waals surface area contributed by atoms with Crippen LogP contribution in [-0.2, 0) is 11.0 Å². The third kappa shape index (κ3) is 3.86. The molecule has 1 heterocycles. The Morgan fingerprint density at radius 1 is 1.32 bits per heavy atom. The summed E-state index contributed by atoms with van der Waals surface area (Å²) in [6.07, 6.45) is -4.47. The molecule has 0 saturated carbocycles. The molecule has 0 amide bonds. The molecule has 130 valence electrons. The van der Waals surface area contributed by atoms with Crippen LogP contribution in [0.4, 0.5) is 13.2 Å². The Bertz CT molecular complexity index is 891. The molecule has 0 fully saturated rings. The maximum atomic E-state index is 12.9. The van der Waals surface area contributed by atoms with Crippen molar-refractivity contribution in [2.75, 3.05) is 0 Å². The number of nitriles is 1. The summed E-state index contributed by atoms with van der Waals surface area (Å²) in [5.74, 6) is -1.32. The summed E-state index contributed by atoms with van der Waals surface area (Å²) in [4.78, 5) is 11.2. The van der Waals surface area contributed by atoms with Crippen molar-refractivity contribution in [1.29, 1.82) is 5.26 Å². The van der Waals surface area contributed by atoms with Crippen LogP contribution in [0.3, 0.4) is 0 Å². The molecule has 1 aromatic carbocycles. The van der Waals surface area contributed by atoms with Crippen molar-refractivity contribution >= 4 is 23.1 Å². The maximum Gasteiger partial charge on any atom is 0.416 e. The largest absolute Gasteiger partial charge is 0.478 e. The van der Waals surface area contributed by atoms with Gasteiger partial charge < -0.3 is 9.52 Å². The van der Waals surface area contributed by atoms with E-state index in [1.165, 1.54) is 12.1 Å². The predicted octanol–water partition coefficient (Wildman–Crippen LogP) is 5.39. The highest BCUT2D eigenvalue weighted by molar-refractivity contribution is 6.33. The highest BCUT2D eigenvalue weighted by Gasteiger charge is 2.31. The van der Waals surface area contributed by atoms with Gasteiger partial charge >= 0.3 is 12.1 Å². The first-order valence-corrected chi connectivity index (χ1v) is 7.40. The Hall–Kier alpha value is -2.72. The zero-order chi connectivity index (χ0) is 18.8. The van der Waals surface area contributed by atoms with Crippen molar-refractivity contribution < 1.29 is 27.5 Å². The Labute approximate surface area is 145 Å². The number of carboxylic acid groups (broad SMARTS) is 1. The second kappa shape index (κ2) is 7.03. The second-order valence-corrected chi connectivity index (χ2v) is 5.39. The van der Waals surface area contributed by atoms with E-state index in [9.17, 15) is 23.2 Å². The SMILES string of the molecule is CC/C(C(=O)O)=C(/C#N)c1ccc(-c2cc(C(F)(F)F)ccc2Cl)o1. The maximum absolute atomic E-state index is 12.9. The summed E-state index contributed by atoms with van der Waals surface area (Å²) < 4.78 is 44.0. The van der Waals surface area contributed by atoms with Crippen LogP contribution in [0.2, 0.25) is 5.02 Å². The molecule has 25 heavy (non-hydrogen) atoms. The van der Waals surface area contributed by atoms with E-state index in [0.717, 1.165) is 18.2 Å². The van der Waals surface area contributed by atoms with E-state index in [2.05, 4.69) is 0 Å². The van der Waals surface area contributed by atoms with Crippen molar-refractivity contribution in [3.63, 3.8) is 0 Å². The summed E-state index contributed by atoms with van der Waals surface area (Å²) >= 11 is 5.95. The molecule has 0 unspecified atom stereocenters. The summed E-state index contributed by atoms with van der Waals surface area (Å²) in [6, 6.07) is 7.19. The number of benzene rings is 1. The molecule has 0 spiro atoms. The first kappa shape index (κ1) is 18.6. The standard InChI is InChI=1S/C17H11ClF3NO3/c1-2-10(16(23)24)12(8-22)15-6-5-14(25-15)11-7-9(17(19,20)21)3-4-13(11)18/h3-7H,2H2,1H3,(H,23,24)/b12-10+. The molecule has 0 aliphatic rings. The van der Waals surface area contributed by atoms with E-state index >= 15 is 0 Å². The average Bonchev–Trinajstić information content (AvgIpc) is 3.00.